The Kier molecular flexibility index (Phi) is 3.93. The summed E-state index contributed by atoms with van der Waals surface area (Å²) in [6.45, 7) is 2.28. The monoisotopic (exact) mass is 262 g/mol. The molecule has 1 aromatic rings. The molecule has 0 bridgehead atoms. The number of carbonyl (C=O) groups is 1. The minimum atomic E-state index is -0.508. The highest BCUT2D eigenvalue weighted by Gasteiger charge is 2.23. The van der Waals surface area contributed by atoms with Crippen molar-refractivity contribution in [2.45, 2.75) is 38.6 Å². The van der Waals surface area contributed by atoms with Gasteiger partial charge >= 0.3 is 0 Å². The maximum atomic E-state index is 11.3. The van der Waals surface area contributed by atoms with Gasteiger partial charge in [0.2, 0.25) is 0 Å². The van der Waals surface area contributed by atoms with Crippen molar-refractivity contribution >= 4 is 17.4 Å². The lowest BCUT2D eigenvalue weighted by atomic mass is 9.86. The number of nitrogen functional groups attached to an aromatic ring is 1. The molecule has 0 spiro atoms. The number of nitrogens with zero attached hydrogens (tertiary/aromatic N) is 2. The number of aromatic nitrogens is 1. The summed E-state index contributed by atoms with van der Waals surface area (Å²) in [5.41, 5.74) is 11.7. The maximum Gasteiger partial charge on any atom is 0.250 e. The molecular formula is C14H22N4O. The molecule has 1 aliphatic rings. The molecule has 2 rings (SSSR count). The second kappa shape index (κ2) is 5.47. The average Bonchev–Trinajstić information content (AvgIpc) is 2.38. The molecule has 1 saturated carbocycles. The summed E-state index contributed by atoms with van der Waals surface area (Å²) >= 11 is 0. The summed E-state index contributed by atoms with van der Waals surface area (Å²) in [6, 6.07) is 2.16. The molecule has 2 atom stereocenters. The van der Waals surface area contributed by atoms with Crippen LogP contribution in [0, 0.1) is 5.92 Å². The molecule has 5 nitrogen and oxygen atoms in total. The average molecular weight is 262 g/mol. The first-order valence-electron chi connectivity index (χ1n) is 6.77. The van der Waals surface area contributed by atoms with E-state index in [4.69, 9.17) is 11.5 Å². The van der Waals surface area contributed by atoms with Crippen LogP contribution in [0.25, 0.3) is 0 Å². The fourth-order valence-electron chi connectivity index (χ4n) is 2.80. The third-order valence-electron chi connectivity index (χ3n) is 4.00. The van der Waals surface area contributed by atoms with Crippen LogP contribution in [0.2, 0.25) is 0 Å². The van der Waals surface area contributed by atoms with Crippen LogP contribution in [0.3, 0.4) is 0 Å². The molecule has 104 valence electrons. The maximum absolute atomic E-state index is 11.3. The molecule has 1 fully saturated rings. The Balaban J connectivity index is 2.21. The highest BCUT2D eigenvalue weighted by atomic mass is 16.1. The van der Waals surface area contributed by atoms with Gasteiger partial charge in [0.05, 0.1) is 17.4 Å². The predicted molar refractivity (Wildman–Crippen MR) is 77.0 cm³/mol. The molecule has 0 aliphatic heterocycles. The number of pyridine rings is 1. The van der Waals surface area contributed by atoms with Gasteiger partial charge in [-0.3, -0.25) is 4.79 Å². The summed E-state index contributed by atoms with van der Waals surface area (Å²) in [6.07, 6.45) is 6.38. The van der Waals surface area contributed by atoms with Gasteiger partial charge in [0.15, 0.2) is 0 Å². The number of hydrogen-bond acceptors (Lipinski definition) is 4. The van der Waals surface area contributed by atoms with Crippen molar-refractivity contribution in [3.63, 3.8) is 0 Å². The van der Waals surface area contributed by atoms with Crippen molar-refractivity contribution in [1.82, 2.24) is 4.98 Å². The normalized spacial score (nSPS) is 23.1. The number of rotatable bonds is 3. The summed E-state index contributed by atoms with van der Waals surface area (Å²) in [5, 5.41) is 0. The van der Waals surface area contributed by atoms with Crippen LogP contribution in [-0.4, -0.2) is 24.0 Å². The Morgan fingerprint density at radius 3 is 2.84 bits per heavy atom. The van der Waals surface area contributed by atoms with E-state index in [9.17, 15) is 4.79 Å². The standard InChI is InChI=1S/C14H22N4O/c1-9-4-3-5-10(6-9)18(2)13-7-11(14(16)19)12(15)8-17-13/h7-10H,3-6,15H2,1-2H3,(H2,16,19). The Labute approximate surface area is 114 Å². The summed E-state index contributed by atoms with van der Waals surface area (Å²) < 4.78 is 0. The smallest absolute Gasteiger partial charge is 0.250 e. The second-order valence-electron chi connectivity index (χ2n) is 5.53. The van der Waals surface area contributed by atoms with Crippen molar-refractivity contribution < 1.29 is 4.79 Å². The van der Waals surface area contributed by atoms with Crippen molar-refractivity contribution in [2.24, 2.45) is 11.7 Å². The zero-order valence-electron chi connectivity index (χ0n) is 11.6. The predicted octanol–water partition coefficient (Wildman–Crippen LogP) is 1.78. The molecule has 1 aromatic heterocycles. The highest BCUT2D eigenvalue weighted by Crippen LogP contribution is 2.29. The van der Waals surface area contributed by atoms with Gasteiger partial charge in [-0.15, -0.1) is 0 Å². The molecule has 19 heavy (non-hydrogen) atoms. The number of primary amides is 1. The van der Waals surface area contributed by atoms with Crippen LogP contribution in [0.5, 0.6) is 0 Å². The van der Waals surface area contributed by atoms with Gasteiger partial charge in [0, 0.05) is 13.1 Å². The first-order valence-corrected chi connectivity index (χ1v) is 6.77. The third kappa shape index (κ3) is 2.97. The van der Waals surface area contributed by atoms with Crippen molar-refractivity contribution in [3.05, 3.63) is 17.8 Å². The van der Waals surface area contributed by atoms with Gasteiger partial charge in [-0.1, -0.05) is 19.8 Å². The molecular weight excluding hydrogens is 240 g/mol. The lowest BCUT2D eigenvalue weighted by Gasteiger charge is -2.35. The van der Waals surface area contributed by atoms with E-state index in [1.165, 1.54) is 25.5 Å². The highest BCUT2D eigenvalue weighted by molar-refractivity contribution is 5.98. The summed E-state index contributed by atoms with van der Waals surface area (Å²) in [5.74, 6) is 0.999. The van der Waals surface area contributed by atoms with Crippen LogP contribution >= 0.6 is 0 Å². The third-order valence-corrected chi connectivity index (χ3v) is 4.00. The fourth-order valence-corrected chi connectivity index (χ4v) is 2.80. The molecule has 1 amide bonds. The number of nitrogens with two attached hydrogens (primary N) is 2. The first kappa shape index (κ1) is 13.6. The van der Waals surface area contributed by atoms with E-state index >= 15 is 0 Å². The van der Waals surface area contributed by atoms with E-state index in [1.54, 1.807) is 6.07 Å². The number of amides is 1. The van der Waals surface area contributed by atoms with Gasteiger partial charge in [-0.2, -0.15) is 0 Å². The topological polar surface area (TPSA) is 85.2 Å². The summed E-state index contributed by atoms with van der Waals surface area (Å²) in [7, 11) is 2.02. The van der Waals surface area contributed by atoms with Gasteiger partial charge < -0.3 is 16.4 Å². The SMILES string of the molecule is CC1CCCC(N(C)c2cc(C(N)=O)c(N)cn2)C1. The zero-order chi connectivity index (χ0) is 14.0. The van der Waals surface area contributed by atoms with E-state index in [1.807, 2.05) is 7.05 Å². The van der Waals surface area contributed by atoms with Crippen LogP contribution in [0.4, 0.5) is 11.5 Å². The van der Waals surface area contributed by atoms with Crippen LogP contribution in [-0.2, 0) is 0 Å². The fraction of sp³-hybridized carbons (Fsp3) is 0.571. The van der Waals surface area contributed by atoms with E-state index in [-0.39, 0.29) is 0 Å². The number of anilines is 2. The largest absolute Gasteiger partial charge is 0.397 e. The zero-order valence-corrected chi connectivity index (χ0v) is 11.6. The van der Waals surface area contributed by atoms with Crippen LogP contribution in [0.15, 0.2) is 12.3 Å². The lowest BCUT2D eigenvalue weighted by molar-refractivity contribution is 0.100. The van der Waals surface area contributed by atoms with Crippen LogP contribution < -0.4 is 16.4 Å². The van der Waals surface area contributed by atoms with Crippen molar-refractivity contribution in [3.8, 4) is 0 Å². The molecule has 4 N–H and O–H groups in total. The number of carbonyl (C=O) groups excluding carboxylic acids is 1. The lowest BCUT2D eigenvalue weighted by Crippen LogP contribution is -2.36. The van der Waals surface area contributed by atoms with Crippen LogP contribution in [0.1, 0.15) is 43.0 Å². The molecule has 1 aliphatic carbocycles. The van der Waals surface area contributed by atoms with Crippen molar-refractivity contribution in [2.75, 3.05) is 17.7 Å². The Morgan fingerprint density at radius 1 is 1.47 bits per heavy atom. The second-order valence-corrected chi connectivity index (χ2v) is 5.53. The molecule has 0 aromatic carbocycles. The minimum Gasteiger partial charge on any atom is -0.397 e. The Hall–Kier alpha value is -1.78. The molecule has 2 unspecified atom stereocenters. The summed E-state index contributed by atoms with van der Waals surface area (Å²) in [4.78, 5) is 17.8. The Bertz CT molecular complexity index is 475. The van der Waals surface area contributed by atoms with Gasteiger partial charge in [0.25, 0.3) is 5.91 Å². The molecule has 5 heteroatoms. The van der Waals surface area contributed by atoms with E-state index in [0.29, 0.717) is 17.3 Å². The first-order chi connectivity index (χ1) is 8.99. The van der Waals surface area contributed by atoms with E-state index in [2.05, 4.69) is 16.8 Å². The van der Waals surface area contributed by atoms with Gasteiger partial charge in [-0.25, -0.2) is 4.98 Å². The van der Waals surface area contributed by atoms with Gasteiger partial charge in [0.1, 0.15) is 5.82 Å². The van der Waals surface area contributed by atoms with Crippen molar-refractivity contribution in [1.29, 1.82) is 0 Å². The molecule has 0 saturated heterocycles. The van der Waals surface area contributed by atoms with E-state index < -0.39 is 5.91 Å². The quantitative estimate of drug-likeness (QED) is 0.869. The van der Waals surface area contributed by atoms with Gasteiger partial charge in [-0.05, 0) is 24.8 Å². The number of hydrogen-bond donors (Lipinski definition) is 2. The minimum absolute atomic E-state index is 0.335. The molecule has 0 radical (unpaired) electrons. The Morgan fingerprint density at radius 2 is 2.21 bits per heavy atom. The van der Waals surface area contributed by atoms with E-state index in [0.717, 1.165) is 18.2 Å². The molecule has 1 heterocycles.